The molecule has 1 atom stereocenters. The summed E-state index contributed by atoms with van der Waals surface area (Å²) < 4.78 is 5.86. The fraction of sp³-hybridized carbons (Fsp3) is 0.389. The topological polar surface area (TPSA) is 102 Å². The van der Waals surface area contributed by atoms with Crippen molar-refractivity contribution in [2.45, 2.75) is 18.9 Å². The Morgan fingerprint density at radius 1 is 1.32 bits per heavy atom. The molecule has 0 spiro atoms. The molecule has 0 bridgehead atoms. The number of benzene rings is 1. The number of amides is 1. The molecule has 10 heteroatoms. The van der Waals surface area contributed by atoms with Crippen molar-refractivity contribution in [3.8, 4) is 5.88 Å². The van der Waals surface area contributed by atoms with Crippen LogP contribution in [0.3, 0.4) is 0 Å². The molecule has 1 saturated heterocycles. The van der Waals surface area contributed by atoms with E-state index in [-0.39, 0.29) is 22.4 Å². The number of nitro benzene ring substituents is 1. The van der Waals surface area contributed by atoms with Gasteiger partial charge >= 0.3 is 0 Å². The first kappa shape index (κ1) is 19.8. The number of anilines is 1. The van der Waals surface area contributed by atoms with Gasteiger partial charge in [-0.05, 0) is 31.0 Å². The lowest BCUT2D eigenvalue weighted by molar-refractivity contribution is -0.385. The average Bonchev–Trinajstić information content (AvgIpc) is 2.67. The number of ether oxygens (including phenoxy) is 1. The molecule has 28 heavy (non-hydrogen) atoms. The molecule has 1 aromatic heterocycles. The second-order valence-corrected chi connectivity index (χ2v) is 7.11. The summed E-state index contributed by atoms with van der Waals surface area (Å²) in [7, 11) is 3.73. The van der Waals surface area contributed by atoms with Crippen LogP contribution >= 0.6 is 11.6 Å². The van der Waals surface area contributed by atoms with Gasteiger partial charge in [-0.2, -0.15) is 0 Å². The SMILES string of the molecule is CN(C)c1ccc(OC2CCCN(C(=O)c3cc(Cl)ccc3[N+](=O)[O-])C2)nn1. The third-order valence-electron chi connectivity index (χ3n) is 4.42. The summed E-state index contributed by atoms with van der Waals surface area (Å²) in [5.41, 5.74) is -0.282. The van der Waals surface area contributed by atoms with Crippen molar-refractivity contribution >= 4 is 29.0 Å². The monoisotopic (exact) mass is 405 g/mol. The van der Waals surface area contributed by atoms with E-state index in [0.29, 0.717) is 31.2 Å². The Balaban J connectivity index is 1.72. The first-order chi connectivity index (χ1) is 13.3. The van der Waals surface area contributed by atoms with E-state index in [1.165, 1.54) is 18.2 Å². The maximum atomic E-state index is 12.9. The summed E-state index contributed by atoms with van der Waals surface area (Å²) in [5.74, 6) is 0.649. The van der Waals surface area contributed by atoms with Crippen LogP contribution in [-0.4, -0.2) is 59.2 Å². The van der Waals surface area contributed by atoms with Crippen LogP contribution in [0, 0.1) is 10.1 Å². The number of hydrogen-bond acceptors (Lipinski definition) is 7. The average molecular weight is 406 g/mol. The van der Waals surface area contributed by atoms with Crippen LogP contribution < -0.4 is 9.64 Å². The van der Waals surface area contributed by atoms with Crippen LogP contribution in [0.2, 0.25) is 5.02 Å². The van der Waals surface area contributed by atoms with Gasteiger partial charge in [0, 0.05) is 37.8 Å². The second-order valence-electron chi connectivity index (χ2n) is 6.68. The minimum Gasteiger partial charge on any atom is -0.471 e. The fourth-order valence-corrected chi connectivity index (χ4v) is 3.19. The fourth-order valence-electron chi connectivity index (χ4n) is 3.01. The third-order valence-corrected chi connectivity index (χ3v) is 4.66. The molecule has 1 fully saturated rings. The smallest absolute Gasteiger partial charge is 0.282 e. The van der Waals surface area contributed by atoms with Gasteiger partial charge in [-0.25, -0.2) is 0 Å². The van der Waals surface area contributed by atoms with Crippen molar-refractivity contribution in [1.29, 1.82) is 0 Å². The zero-order chi connectivity index (χ0) is 20.3. The minimum atomic E-state index is -0.580. The standard InChI is InChI=1S/C18H20ClN5O4/c1-22(2)16-7-8-17(21-20-16)28-13-4-3-9-23(11-13)18(25)14-10-12(19)5-6-15(14)24(26)27/h5-8,10,13H,3-4,9,11H2,1-2H3. The van der Waals surface area contributed by atoms with E-state index >= 15 is 0 Å². The molecule has 1 unspecified atom stereocenters. The highest BCUT2D eigenvalue weighted by Crippen LogP contribution is 2.26. The van der Waals surface area contributed by atoms with Crippen molar-refractivity contribution < 1.29 is 14.5 Å². The molecule has 2 aromatic rings. The first-order valence-electron chi connectivity index (χ1n) is 8.76. The Kier molecular flexibility index (Phi) is 5.93. The molecule has 1 aromatic carbocycles. The Labute approximate surface area is 167 Å². The molecule has 0 N–H and O–H groups in total. The molecule has 9 nitrogen and oxygen atoms in total. The summed E-state index contributed by atoms with van der Waals surface area (Å²) in [6.45, 7) is 0.799. The molecular formula is C18H20ClN5O4. The number of rotatable bonds is 5. The first-order valence-corrected chi connectivity index (χ1v) is 9.14. The molecular weight excluding hydrogens is 386 g/mol. The number of nitrogens with zero attached hydrogens (tertiary/aromatic N) is 5. The summed E-state index contributed by atoms with van der Waals surface area (Å²) in [4.78, 5) is 26.9. The van der Waals surface area contributed by atoms with Crippen molar-refractivity contribution in [3.05, 3.63) is 51.0 Å². The molecule has 0 aliphatic carbocycles. The molecule has 1 aliphatic rings. The molecule has 1 amide bonds. The lowest BCUT2D eigenvalue weighted by Crippen LogP contribution is -2.44. The molecule has 3 rings (SSSR count). The number of carbonyl (C=O) groups excluding carboxylic acids is 1. The summed E-state index contributed by atoms with van der Waals surface area (Å²) >= 11 is 5.94. The van der Waals surface area contributed by atoms with E-state index in [4.69, 9.17) is 16.3 Å². The van der Waals surface area contributed by atoms with E-state index < -0.39 is 10.8 Å². The number of hydrogen-bond donors (Lipinski definition) is 0. The lowest BCUT2D eigenvalue weighted by Gasteiger charge is -2.32. The summed E-state index contributed by atoms with van der Waals surface area (Å²) in [5, 5.41) is 19.6. The van der Waals surface area contributed by atoms with E-state index in [0.717, 1.165) is 6.42 Å². The maximum Gasteiger partial charge on any atom is 0.282 e. The van der Waals surface area contributed by atoms with Gasteiger partial charge in [-0.15, -0.1) is 10.2 Å². The van der Waals surface area contributed by atoms with Crippen molar-refractivity contribution in [3.63, 3.8) is 0 Å². The number of carbonyl (C=O) groups is 1. The minimum absolute atomic E-state index is 0.0201. The zero-order valence-corrected chi connectivity index (χ0v) is 16.3. The largest absolute Gasteiger partial charge is 0.471 e. The van der Waals surface area contributed by atoms with Crippen molar-refractivity contribution in [1.82, 2.24) is 15.1 Å². The zero-order valence-electron chi connectivity index (χ0n) is 15.5. The van der Waals surface area contributed by atoms with Gasteiger partial charge in [0.2, 0.25) is 5.88 Å². The quantitative estimate of drug-likeness (QED) is 0.556. The van der Waals surface area contributed by atoms with Gasteiger partial charge in [-0.3, -0.25) is 14.9 Å². The van der Waals surface area contributed by atoms with Crippen LogP contribution in [0.1, 0.15) is 23.2 Å². The van der Waals surface area contributed by atoms with E-state index in [1.54, 1.807) is 17.0 Å². The molecule has 148 valence electrons. The number of aromatic nitrogens is 2. The predicted octanol–water partition coefficient (Wildman–Crippen LogP) is 2.79. The molecule has 2 heterocycles. The molecule has 0 radical (unpaired) electrons. The third kappa shape index (κ3) is 4.48. The van der Waals surface area contributed by atoms with Gasteiger partial charge in [0.15, 0.2) is 5.82 Å². The number of likely N-dealkylation sites (tertiary alicyclic amines) is 1. The van der Waals surface area contributed by atoms with Crippen LogP contribution in [0.5, 0.6) is 5.88 Å². The Bertz CT molecular complexity index is 875. The normalized spacial score (nSPS) is 16.5. The second kappa shape index (κ2) is 8.39. The number of nitro groups is 1. The van der Waals surface area contributed by atoms with Crippen LogP contribution in [0.25, 0.3) is 0 Å². The Morgan fingerprint density at radius 2 is 2.11 bits per heavy atom. The van der Waals surface area contributed by atoms with Crippen molar-refractivity contribution in [2.24, 2.45) is 0 Å². The maximum absolute atomic E-state index is 12.9. The van der Waals surface area contributed by atoms with E-state index in [1.807, 2.05) is 19.0 Å². The number of piperidine rings is 1. The summed E-state index contributed by atoms with van der Waals surface area (Å²) in [6.07, 6.45) is 1.20. The van der Waals surface area contributed by atoms with Gasteiger partial charge in [0.1, 0.15) is 11.7 Å². The van der Waals surface area contributed by atoms with Gasteiger partial charge in [-0.1, -0.05) is 11.6 Å². The van der Waals surface area contributed by atoms with Crippen LogP contribution in [0.4, 0.5) is 11.5 Å². The predicted molar refractivity (Wildman–Crippen MR) is 104 cm³/mol. The highest BCUT2D eigenvalue weighted by molar-refractivity contribution is 6.31. The van der Waals surface area contributed by atoms with E-state index in [2.05, 4.69) is 10.2 Å². The van der Waals surface area contributed by atoms with Gasteiger partial charge < -0.3 is 14.5 Å². The van der Waals surface area contributed by atoms with E-state index in [9.17, 15) is 14.9 Å². The lowest BCUT2D eigenvalue weighted by atomic mass is 10.1. The Morgan fingerprint density at radius 3 is 2.75 bits per heavy atom. The van der Waals surface area contributed by atoms with Crippen LogP contribution in [0.15, 0.2) is 30.3 Å². The number of halogens is 1. The van der Waals surface area contributed by atoms with Gasteiger partial charge in [0.25, 0.3) is 11.6 Å². The Hall–Kier alpha value is -2.94. The molecule has 0 saturated carbocycles. The molecule has 1 aliphatic heterocycles. The van der Waals surface area contributed by atoms with Crippen molar-refractivity contribution in [2.75, 3.05) is 32.1 Å². The highest BCUT2D eigenvalue weighted by atomic mass is 35.5. The van der Waals surface area contributed by atoms with Crippen LogP contribution in [-0.2, 0) is 0 Å². The summed E-state index contributed by atoms with van der Waals surface area (Å²) in [6, 6.07) is 7.50. The van der Waals surface area contributed by atoms with Gasteiger partial charge in [0.05, 0.1) is 11.5 Å². The highest BCUT2D eigenvalue weighted by Gasteiger charge is 2.30.